The Hall–Kier alpha value is -2.37. The molecule has 1 aromatic heterocycles. The predicted molar refractivity (Wildman–Crippen MR) is 99.7 cm³/mol. The fourth-order valence-corrected chi connectivity index (χ4v) is 3.41. The van der Waals surface area contributed by atoms with Crippen LogP contribution in [-0.4, -0.2) is 10.5 Å². The molecule has 0 unspecified atom stereocenters. The van der Waals surface area contributed by atoms with E-state index in [-0.39, 0.29) is 11.4 Å². The highest BCUT2D eigenvalue weighted by Gasteiger charge is 2.13. The number of halogens is 1. The molecule has 0 aliphatic carbocycles. The van der Waals surface area contributed by atoms with Crippen molar-refractivity contribution in [3.8, 4) is 5.75 Å². The van der Waals surface area contributed by atoms with Crippen LogP contribution in [0.25, 0.3) is 0 Å². The van der Waals surface area contributed by atoms with Gasteiger partial charge in [-0.25, -0.2) is 4.79 Å². The molecule has 128 valence electrons. The largest absolute Gasteiger partial charge is 0.425 e. The van der Waals surface area contributed by atoms with E-state index in [1.54, 1.807) is 30.5 Å². The molecule has 4 nitrogen and oxygen atoms in total. The van der Waals surface area contributed by atoms with E-state index in [0.29, 0.717) is 17.2 Å². The second-order valence-corrected chi connectivity index (χ2v) is 6.87. The van der Waals surface area contributed by atoms with Crippen LogP contribution in [0.4, 0.5) is 0 Å². The van der Waals surface area contributed by atoms with Gasteiger partial charge in [-0.2, -0.15) is 0 Å². The molecule has 2 aromatic carbocycles. The van der Waals surface area contributed by atoms with E-state index in [1.165, 1.54) is 4.57 Å². The molecule has 25 heavy (non-hydrogen) atoms. The van der Waals surface area contributed by atoms with Gasteiger partial charge in [-0.1, -0.05) is 53.3 Å². The zero-order chi connectivity index (χ0) is 17.8. The molecular formula is C19H16ClNO3S. The molecule has 0 N–H and O–H groups in total. The van der Waals surface area contributed by atoms with Crippen molar-refractivity contribution in [3.05, 3.63) is 85.4 Å². The minimum Gasteiger partial charge on any atom is -0.425 e. The van der Waals surface area contributed by atoms with Crippen LogP contribution in [0, 0.1) is 6.92 Å². The van der Waals surface area contributed by atoms with Crippen LogP contribution in [-0.2, 0) is 17.8 Å². The van der Waals surface area contributed by atoms with Crippen LogP contribution in [0.2, 0.25) is 5.02 Å². The van der Waals surface area contributed by atoms with Crippen LogP contribution < -0.4 is 9.61 Å². The molecule has 3 aromatic rings. The molecule has 0 bridgehead atoms. The van der Waals surface area contributed by atoms with Gasteiger partial charge in [0.05, 0.1) is 0 Å². The number of esters is 1. The standard InChI is InChI=1S/C19H16ClNO3S/c1-13-12-25-19(23)21(13)11-18(22)24-17-8-7-16(20)10-15(17)9-14-5-3-2-4-6-14/h2-8,10,12H,9,11H2,1H3. The smallest absolute Gasteiger partial charge is 0.331 e. The van der Waals surface area contributed by atoms with Crippen molar-refractivity contribution in [2.45, 2.75) is 19.9 Å². The van der Waals surface area contributed by atoms with Crippen LogP contribution in [0.5, 0.6) is 5.75 Å². The van der Waals surface area contributed by atoms with Gasteiger partial charge < -0.3 is 4.74 Å². The molecule has 0 saturated heterocycles. The molecule has 6 heteroatoms. The Labute approximate surface area is 154 Å². The van der Waals surface area contributed by atoms with Gasteiger partial charge in [0.2, 0.25) is 0 Å². The number of hydrogen-bond acceptors (Lipinski definition) is 4. The minimum absolute atomic E-state index is 0.110. The fraction of sp³-hybridized carbons (Fsp3) is 0.158. The van der Waals surface area contributed by atoms with Gasteiger partial charge in [-0.15, -0.1) is 0 Å². The second kappa shape index (κ2) is 7.68. The minimum atomic E-state index is -0.486. The van der Waals surface area contributed by atoms with Crippen molar-refractivity contribution < 1.29 is 9.53 Å². The van der Waals surface area contributed by atoms with E-state index in [4.69, 9.17) is 16.3 Å². The van der Waals surface area contributed by atoms with E-state index in [9.17, 15) is 9.59 Å². The van der Waals surface area contributed by atoms with Crippen molar-refractivity contribution >= 4 is 28.9 Å². The highest BCUT2D eigenvalue weighted by atomic mass is 35.5. The summed E-state index contributed by atoms with van der Waals surface area (Å²) < 4.78 is 6.91. The van der Waals surface area contributed by atoms with Gasteiger partial charge in [0.15, 0.2) is 0 Å². The van der Waals surface area contributed by atoms with Crippen LogP contribution in [0.3, 0.4) is 0 Å². The molecule has 0 amide bonds. The molecule has 1 heterocycles. The molecule has 0 aliphatic rings. The predicted octanol–water partition coefficient (Wildman–Crippen LogP) is 4.07. The van der Waals surface area contributed by atoms with Gasteiger partial charge in [0, 0.05) is 28.1 Å². The number of hydrogen-bond donors (Lipinski definition) is 0. The first-order valence-corrected chi connectivity index (χ1v) is 8.96. The highest BCUT2D eigenvalue weighted by Crippen LogP contribution is 2.26. The zero-order valence-electron chi connectivity index (χ0n) is 13.6. The third kappa shape index (κ3) is 4.38. The number of benzene rings is 2. The SMILES string of the molecule is Cc1csc(=O)n1CC(=O)Oc1ccc(Cl)cc1Cc1ccccc1. The third-order valence-corrected chi connectivity index (χ3v) is 4.86. The summed E-state index contributed by atoms with van der Waals surface area (Å²) in [5.41, 5.74) is 2.65. The van der Waals surface area contributed by atoms with E-state index < -0.39 is 5.97 Å². The van der Waals surface area contributed by atoms with Crippen molar-refractivity contribution in [3.63, 3.8) is 0 Å². The molecule has 3 rings (SSSR count). The van der Waals surface area contributed by atoms with Crippen molar-refractivity contribution in [1.29, 1.82) is 0 Å². The number of thiazole rings is 1. The zero-order valence-corrected chi connectivity index (χ0v) is 15.1. The third-order valence-electron chi connectivity index (χ3n) is 3.75. The summed E-state index contributed by atoms with van der Waals surface area (Å²) in [5.74, 6) is -0.0283. The summed E-state index contributed by atoms with van der Waals surface area (Å²) in [6, 6.07) is 15.0. The van der Waals surface area contributed by atoms with Gasteiger partial charge in [-0.3, -0.25) is 9.36 Å². The first-order valence-electron chi connectivity index (χ1n) is 7.71. The molecule has 0 radical (unpaired) electrons. The average molecular weight is 374 g/mol. The summed E-state index contributed by atoms with van der Waals surface area (Å²) >= 11 is 7.16. The van der Waals surface area contributed by atoms with Crippen LogP contribution in [0.15, 0.2) is 58.7 Å². The number of carbonyl (C=O) groups is 1. The maximum Gasteiger partial charge on any atom is 0.331 e. The number of carbonyl (C=O) groups excluding carboxylic acids is 1. The Morgan fingerprint density at radius 2 is 1.96 bits per heavy atom. The Morgan fingerprint density at radius 1 is 1.20 bits per heavy atom. The number of aryl methyl sites for hydroxylation is 1. The Bertz CT molecular complexity index is 947. The Morgan fingerprint density at radius 3 is 2.64 bits per heavy atom. The molecule has 0 fully saturated rings. The summed E-state index contributed by atoms with van der Waals surface area (Å²) in [7, 11) is 0. The Kier molecular flexibility index (Phi) is 5.36. The number of rotatable bonds is 5. The number of aromatic nitrogens is 1. The van der Waals surface area contributed by atoms with E-state index >= 15 is 0 Å². The molecule has 0 aliphatic heterocycles. The van der Waals surface area contributed by atoms with Gasteiger partial charge >= 0.3 is 10.8 Å². The Balaban J connectivity index is 1.80. The quantitative estimate of drug-likeness (QED) is 0.500. The molecular weight excluding hydrogens is 358 g/mol. The lowest BCUT2D eigenvalue weighted by atomic mass is 10.0. The lowest BCUT2D eigenvalue weighted by Gasteiger charge is -2.11. The number of ether oxygens (including phenoxy) is 1. The normalized spacial score (nSPS) is 10.6. The summed E-state index contributed by atoms with van der Waals surface area (Å²) in [4.78, 5) is 23.8. The molecule has 0 saturated carbocycles. The van der Waals surface area contributed by atoms with Crippen molar-refractivity contribution in [2.75, 3.05) is 0 Å². The van der Waals surface area contributed by atoms with Gasteiger partial charge in [0.1, 0.15) is 12.3 Å². The maximum atomic E-state index is 12.3. The maximum absolute atomic E-state index is 12.3. The van der Waals surface area contributed by atoms with E-state index in [1.807, 2.05) is 30.3 Å². The second-order valence-electron chi connectivity index (χ2n) is 5.62. The van der Waals surface area contributed by atoms with E-state index in [0.717, 1.165) is 28.2 Å². The van der Waals surface area contributed by atoms with E-state index in [2.05, 4.69) is 0 Å². The lowest BCUT2D eigenvalue weighted by Crippen LogP contribution is -2.24. The molecule has 0 atom stereocenters. The summed E-state index contributed by atoms with van der Waals surface area (Å²) in [5, 5.41) is 2.30. The first kappa shape index (κ1) is 17.5. The summed E-state index contributed by atoms with van der Waals surface area (Å²) in [6.45, 7) is 1.68. The first-order chi connectivity index (χ1) is 12.0. The van der Waals surface area contributed by atoms with Crippen molar-refractivity contribution in [2.24, 2.45) is 0 Å². The average Bonchev–Trinajstić information content (AvgIpc) is 2.90. The monoisotopic (exact) mass is 373 g/mol. The van der Waals surface area contributed by atoms with Crippen LogP contribution >= 0.6 is 22.9 Å². The fourth-order valence-electron chi connectivity index (χ4n) is 2.48. The number of nitrogens with zero attached hydrogens (tertiary/aromatic N) is 1. The summed E-state index contributed by atoms with van der Waals surface area (Å²) in [6.07, 6.45) is 0.599. The van der Waals surface area contributed by atoms with Gasteiger partial charge in [-0.05, 0) is 30.7 Å². The topological polar surface area (TPSA) is 48.3 Å². The molecule has 0 spiro atoms. The van der Waals surface area contributed by atoms with Crippen LogP contribution in [0.1, 0.15) is 16.8 Å². The van der Waals surface area contributed by atoms with Crippen molar-refractivity contribution in [1.82, 2.24) is 4.57 Å². The highest BCUT2D eigenvalue weighted by molar-refractivity contribution is 7.07. The lowest BCUT2D eigenvalue weighted by molar-refractivity contribution is -0.135. The van der Waals surface area contributed by atoms with Gasteiger partial charge in [0.25, 0.3) is 0 Å².